The standard InChI is InChI=1S/C39H48N4O4/c1-10-26-16-27-17-31-24(8)29(12-14-38(44)46-21(3)4)36(41-31)20-37-30(13-15-39(45)47-22(5)6)25(9)33(43-37)19-35-28(11-2)23(7)32(42-35)18-34(26)40-27/h10-11,16-22,38-40,42,44-45H,1-2,12-15H2,3-9H3. The molecule has 0 radical (unpaired) electrons. The molecule has 0 amide bonds. The monoisotopic (exact) mass is 636 g/mol. The fraction of sp³-hybridized carbons (Fsp3) is 0.385. The van der Waals surface area contributed by atoms with Gasteiger partial charge in [-0.25, -0.2) is 9.97 Å². The molecular weight excluding hydrogens is 588 g/mol. The summed E-state index contributed by atoms with van der Waals surface area (Å²) in [7, 11) is 0. The van der Waals surface area contributed by atoms with Gasteiger partial charge in [-0.05, 0) is 125 Å². The highest BCUT2D eigenvalue weighted by Crippen LogP contribution is 2.38. The van der Waals surface area contributed by atoms with Crippen LogP contribution in [0.1, 0.15) is 107 Å². The van der Waals surface area contributed by atoms with Crippen molar-refractivity contribution in [2.75, 3.05) is 0 Å². The second-order valence-corrected chi connectivity index (χ2v) is 12.9. The van der Waals surface area contributed by atoms with Crippen molar-refractivity contribution in [2.24, 2.45) is 0 Å². The van der Waals surface area contributed by atoms with Crippen LogP contribution in [0.25, 0.3) is 56.5 Å². The number of hydrogen-bond acceptors (Lipinski definition) is 6. The second-order valence-electron chi connectivity index (χ2n) is 12.9. The molecule has 5 rings (SSSR count). The van der Waals surface area contributed by atoms with Crippen molar-refractivity contribution < 1.29 is 19.7 Å². The number of nitrogens with one attached hydrogen (secondary N) is 2. The minimum atomic E-state index is -0.882. The van der Waals surface area contributed by atoms with Crippen LogP contribution in [-0.4, -0.2) is 54.9 Å². The van der Waals surface area contributed by atoms with Crippen molar-refractivity contribution >= 4 is 56.5 Å². The van der Waals surface area contributed by atoms with Gasteiger partial charge in [-0.3, -0.25) is 0 Å². The summed E-state index contributed by atoms with van der Waals surface area (Å²) in [6.07, 6.45) is 3.82. The molecular formula is C39H48N4O4. The van der Waals surface area contributed by atoms with E-state index >= 15 is 0 Å². The van der Waals surface area contributed by atoms with Crippen molar-refractivity contribution in [3.05, 3.63) is 83.0 Å². The molecule has 0 fully saturated rings. The van der Waals surface area contributed by atoms with Gasteiger partial charge in [-0.1, -0.05) is 25.3 Å². The van der Waals surface area contributed by atoms with Crippen LogP contribution in [0.3, 0.4) is 0 Å². The maximum atomic E-state index is 10.6. The van der Waals surface area contributed by atoms with Crippen LogP contribution in [0.4, 0.5) is 0 Å². The molecule has 8 bridgehead atoms. The van der Waals surface area contributed by atoms with Gasteiger partial charge < -0.3 is 29.7 Å². The number of rotatable bonds is 12. The summed E-state index contributed by atoms with van der Waals surface area (Å²) in [5.41, 5.74) is 14.2. The van der Waals surface area contributed by atoms with Crippen LogP contribution < -0.4 is 0 Å². The highest BCUT2D eigenvalue weighted by atomic mass is 16.6. The second kappa shape index (κ2) is 14.4. The Labute approximate surface area is 277 Å². The lowest BCUT2D eigenvalue weighted by atomic mass is 9.98. The molecule has 4 N–H and O–H groups in total. The molecule has 2 atom stereocenters. The van der Waals surface area contributed by atoms with Crippen molar-refractivity contribution in [2.45, 2.75) is 98.9 Å². The van der Waals surface area contributed by atoms with Crippen molar-refractivity contribution in [1.82, 2.24) is 19.9 Å². The number of aromatic nitrogens is 4. The summed E-state index contributed by atoms with van der Waals surface area (Å²) in [4.78, 5) is 17.4. The number of hydrogen-bond donors (Lipinski definition) is 4. The Morgan fingerprint density at radius 1 is 0.681 bits per heavy atom. The van der Waals surface area contributed by atoms with Gasteiger partial charge in [-0.2, -0.15) is 0 Å². The van der Waals surface area contributed by atoms with E-state index in [4.69, 9.17) is 19.4 Å². The van der Waals surface area contributed by atoms with E-state index in [1.54, 1.807) is 0 Å². The summed E-state index contributed by atoms with van der Waals surface area (Å²) in [5, 5.41) is 21.2. The topological polar surface area (TPSA) is 116 Å². The van der Waals surface area contributed by atoms with E-state index < -0.39 is 12.6 Å². The van der Waals surface area contributed by atoms with E-state index in [0.29, 0.717) is 25.7 Å². The summed E-state index contributed by atoms with van der Waals surface area (Å²) >= 11 is 0. The largest absolute Gasteiger partial charge is 0.368 e. The Balaban J connectivity index is 1.77. The number of allylic oxidation sites excluding steroid dienone is 4. The number of aryl methyl sites for hydroxylation is 1. The van der Waals surface area contributed by atoms with Gasteiger partial charge >= 0.3 is 0 Å². The quantitative estimate of drug-likeness (QED) is 0.148. The predicted molar refractivity (Wildman–Crippen MR) is 194 cm³/mol. The number of nitrogens with zero attached hydrogens (tertiary/aromatic N) is 2. The first-order valence-corrected chi connectivity index (χ1v) is 16.5. The molecule has 2 unspecified atom stereocenters. The lowest BCUT2D eigenvalue weighted by molar-refractivity contribution is -0.128. The Kier molecular flexibility index (Phi) is 10.5. The Morgan fingerprint density at radius 2 is 1.23 bits per heavy atom. The fourth-order valence-corrected chi connectivity index (χ4v) is 6.31. The molecule has 0 saturated heterocycles. The Morgan fingerprint density at radius 3 is 1.74 bits per heavy atom. The van der Waals surface area contributed by atoms with Crippen LogP contribution in [0.15, 0.2) is 43.5 Å². The van der Waals surface area contributed by atoms with Gasteiger partial charge in [0.15, 0.2) is 12.6 Å². The predicted octanol–water partition coefficient (Wildman–Crippen LogP) is 8.82. The van der Waals surface area contributed by atoms with Crippen LogP contribution in [-0.2, 0) is 9.47 Å². The average Bonchev–Trinajstić information content (AvgIpc) is 3.69. The molecule has 5 heterocycles. The number of fused-ring (bicyclic) bond motifs is 8. The first kappa shape index (κ1) is 34.3. The molecule has 0 aromatic carbocycles. The fourth-order valence-electron chi connectivity index (χ4n) is 6.31. The van der Waals surface area contributed by atoms with Crippen molar-refractivity contribution in [3.63, 3.8) is 0 Å². The normalized spacial score (nSPS) is 14.8. The molecule has 0 aliphatic carbocycles. The lowest BCUT2D eigenvalue weighted by Gasteiger charge is -2.16. The van der Waals surface area contributed by atoms with Crippen LogP contribution >= 0.6 is 0 Å². The van der Waals surface area contributed by atoms with Gasteiger partial charge in [0.2, 0.25) is 0 Å². The van der Waals surface area contributed by atoms with E-state index in [9.17, 15) is 10.2 Å². The summed E-state index contributed by atoms with van der Waals surface area (Å²) in [6.45, 7) is 22.1. The van der Waals surface area contributed by atoms with Gasteiger partial charge in [0, 0.05) is 40.5 Å². The molecule has 248 valence electrons. The van der Waals surface area contributed by atoms with E-state index in [1.165, 1.54) is 0 Å². The van der Waals surface area contributed by atoms with Gasteiger partial charge in [-0.15, -0.1) is 0 Å². The smallest absolute Gasteiger partial charge is 0.155 e. The third-order valence-corrected chi connectivity index (χ3v) is 8.74. The third-order valence-electron chi connectivity index (χ3n) is 8.74. The van der Waals surface area contributed by atoms with Crippen molar-refractivity contribution in [1.29, 1.82) is 0 Å². The SMILES string of the molecule is C=Cc1cc2cc3nc(cc4nc(cc5[nH]c(cc1[nH]2)c(C)c5C=C)C(C)=C4CCC(O)OC(C)C)C(CCC(O)OC(C)C)=C3C. The Bertz CT molecular complexity index is 1910. The number of aliphatic hydroxyl groups is 2. The first-order chi connectivity index (χ1) is 22.4. The zero-order chi connectivity index (χ0) is 34.0. The van der Waals surface area contributed by atoms with Gasteiger partial charge in [0.05, 0.1) is 35.0 Å². The Hall–Kier alpha value is -4.08. The minimum absolute atomic E-state index is 0.0795. The maximum Gasteiger partial charge on any atom is 0.155 e. The summed E-state index contributed by atoms with van der Waals surface area (Å²) < 4.78 is 11.3. The van der Waals surface area contributed by atoms with E-state index in [0.717, 1.165) is 83.8 Å². The maximum absolute atomic E-state index is 10.6. The molecule has 8 heteroatoms. The number of ether oxygens (including phenoxy) is 2. The van der Waals surface area contributed by atoms with E-state index in [2.05, 4.69) is 68.2 Å². The zero-order valence-corrected chi connectivity index (χ0v) is 28.7. The lowest BCUT2D eigenvalue weighted by Crippen LogP contribution is -2.17. The van der Waals surface area contributed by atoms with Crippen LogP contribution in [0, 0.1) is 6.92 Å². The molecule has 8 nitrogen and oxygen atoms in total. The molecule has 47 heavy (non-hydrogen) atoms. The van der Waals surface area contributed by atoms with Crippen LogP contribution in [0.2, 0.25) is 0 Å². The molecule has 0 saturated carbocycles. The zero-order valence-electron chi connectivity index (χ0n) is 28.7. The molecule has 3 aromatic rings. The molecule has 0 spiro atoms. The van der Waals surface area contributed by atoms with Gasteiger partial charge in [0.25, 0.3) is 0 Å². The number of aromatic amines is 2. The molecule has 2 aliphatic heterocycles. The highest BCUT2D eigenvalue weighted by molar-refractivity contribution is 5.96. The first-order valence-electron chi connectivity index (χ1n) is 16.5. The number of H-pyrrole nitrogens is 2. The highest BCUT2D eigenvalue weighted by Gasteiger charge is 2.23. The molecule has 3 aromatic heterocycles. The van der Waals surface area contributed by atoms with E-state index in [-0.39, 0.29) is 12.2 Å². The third kappa shape index (κ3) is 7.57. The van der Waals surface area contributed by atoms with E-state index in [1.807, 2.05) is 45.9 Å². The summed E-state index contributed by atoms with van der Waals surface area (Å²) in [6, 6.07) is 10.3. The average molecular weight is 637 g/mol. The van der Waals surface area contributed by atoms with Gasteiger partial charge in [0.1, 0.15) is 0 Å². The van der Waals surface area contributed by atoms with Crippen molar-refractivity contribution in [3.8, 4) is 0 Å². The molecule has 2 aliphatic rings. The minimum Gasteiger partial charge on any atom is -0.368 e. The number of aliphatic hydroxyl groups excluding tert-OH is 2. The van der Waals surface area contributed by atoms with Crippen LogP contribution in [0.5, 0.6) is 0 Å². The summed E-state index contributed by atoms with van der Waals surface area (Å²) in [5.74, 6) is 0.